The van der Waals surface area contributed by atoms with Crippen molar-refractivity contribution in [2.24, 2.45) is 0 Å². The lowest BCUT2D eigenvalue weighted by molar-refractivity contribution is 0.111. The molecule has 0 radical (unpaired) electrons. The van der Waals surface area contributed by atoms with Gasteiger partial charge < -0.3 is 4.74 Å². The fraction of sp³-hybridized carbons (Fsp3) is 0.714. The molecule has 0 saturated heterocycles. The van der Waals surface area contributed by atoms with Crippen LogP contribution in [0.4, 0.5) is 0 Å². The van der Waals surface area contributed by atoms with Crippen molar-refractivity contribution in [3.63, 3.8) is 0 Å². The number of aryl methyl sites for hydroxylation is 1. The van der Waals surface area contributed by atoms with Crippen molar-refractivity contribution in [1.82, 2.24) is 9.36 Å². The van der Waals surface area contributed by atoms with Gasteiger partial charge in [0.1, 0.15) is 5.01 Å². The summed E-state index contributed by atoms with van der Waals surface area (Å²) in [6, 6.07) is 0. The van der Waals surface area contributed by atoms with Crippen molar-refractivity contribution in [3.8, 4) is 0 Å². The summed E-state index contributed by atoms with van der Waals surface area (Å²) in [5.74, 6) is 0. The molecule has 3 nitrogen and oxygen atoms in total. The molecular formula is C7H11IN2OS. The number of aromatic nitrogens is 2. The number of hydrogen-bond acceptors (Lipinski definition) is 4. The summed E-state index contributed by atoms with van der Waals surface area (Å²) in [6.45, 7) is 2.06. The Bertz CT molecular complexity index is 241. The molecule has 1 unspecified atom stereocenters. The molecule has 0 bridgehead atoms. The Morgan fingerprint density at radius 3 is 2.92 bits per heavy atom. The first-order valence-electron chi connectivity index (χ1n) is 3.73. The summed E-state index contributed by atoms with van der Waals surface area (Å²) in [5.41, 5.74) is 0. The van der Waals surface area contributed by atoms with Gasteiger partial charge in [0.15, 0.2) is 0 Å². The highest BCUT2D eigenvalue weighted by atomic mass is 127. The van der Waals surface area contributed by atoms with Gasteiger partial charge in [0, 0.05) is 36.1 Å². The minimum absolute atomic E-state index is 0.312. The van der Waals surface area contributed by atoms with Gasteiger partial charge in [-0.15, -0.1) is 0 Å². The second-order valence-electron chi connectivity index (χ2n) is 2.54. The third-order valence-corrected chi connectivity index (χ3v) is 3.19. The van der Waals surface area contributed by atoms with E-state index in [2.05, 4.69) is 38.9 Å². The lowest BCUT2D eigenvalue weighted by atomic mass is 10.2. The third kappa shape index (κ3) is 3.32. The zero-order valence-corrected chi connectivity index (χ0v) is 10.1. The molecule has 0 fully saturated rings. The van der Waals surface area contributed by atoms with Crippen molar-refractivity contribution >= 4 is 34.1 Å². The lowest BCUT2D eigenvalue weighted by Gasteiger charge is -2.05. The minimum atomic E-state index is 0.312. The predicted octanol–water partition coefficient (Wildman–Crippen LogP) is 2.11. The number of ether oxygens (including phenoxy) is 1. The summed E-state index contributed by atoms with van der Waals surface area (Å²) in [7, 11) is 1.73. The van der Waals surface area contributed by atoms with E-state index in [4.69, 9.17) is 4.74 Å². The van der Waals surface area contributed by atoms with Crippen molar-refractivity contribution in [2.75, 3.05) is 7.11 Å². The molecule has 5 heteroatoms. The molecule has 0 aromatic carbocycles. The first kappa shape index (κ1) is 10.3. The molecule has 1 aromatic heterocycles. The Labute approximate surface area is 89.9 Å². The first-order chi connectivity index (χ1) is 5.72. The second kappa shape index (κ2) is 5.08. The van der Waals surface area contributed by atoms with Gasteiger partial charge in [0.05, 0.1) is 6.10 Å². The van der Waals surface area contributed by atoms with Gasteiger partial charge in [-0.05, 0) is 24.9 Å². The Morgan fingerprint density at radius 2 is 2.42 bits per heavy atom. The van der Waals surface area contributed by atoms with E-state index in [9.17, 15) is 0 Å². The molecule has 0 saturated carbocycles. The van der Waals surface area contributed by atoms with Gasteiger partial charge in [-0.3, -0.25) is 0 Å². The van der Waals surface area contributed by atoms with Gasteiger partial charge >= 0.3 is 0 Å². The smallest absolute Gasteiger partial charge is 0.203 e. The highest BCUT2D eigenvalue weighted by Gasteiger charge is 2.04. The van der Waals surface area contributed by atoms with Crippen molar-refractivity contribution in [2.45, 2.75) is 25.9 Å². The van der Waals surface area contributed by atoms with Gasteiger partial charge in [-0.1, -0.05) is 0 Å². The minimum Gasteiger partial charge on any atom is -0.382 e. The molecule has 1 aromatic rings. The molecule has 1 rings (SSSR count). The lowest BCUT2D eigenvalue weighted by Crippen LogP contribution is -2.05. The van der Waals surface area contributed by atoms with Gasteiger partial charge in [-0.2, -0.15) is 4.37 Å². The average molecular weight is 298 g/mol. The molecule has 12 heavy (non-hydrogen) atoms. The highest BCUT2D eigenvalue weighted by Crippen LogP contribution is 2.10. The SMILES string of the molecule is COC(C)CCc1nc(I)ns1. The van der Waals surface area contributed by atoms with E-state index in [0.717, 1.165) is 21.7 Å². The van der Waals surface area contributed by atoms with Crippen LogP contribution < -0.4 is 0 Å². The van der Waals surface area contributed by atoms with E-state index in [1.165, 1.54) is 11.5 Å². The van der Waals surface area contributed by atoms with Crippen LogP contribution >= 0.6 is 34.1 Å². The zero-order chi connectivity index (χ0) is 8.97. The number of rotatable bonds is 4. The Balaban J connectivity index is 2.33. The summed E-state index contributed by atoms with van der Waals surface area (Å²) < 4.78 is 10.1. The Morgan fingerprint density at radius 1 is 1.67 bits per heavy atom. The van der Waals surface area contributed by atoms with E-state index >= 15 is 0 Å². The highest BCUT2D eigenvalue weighted by molar-refractivity contribution is 14.1. The number of hydrogen-bond donors (Lipinski definition) is 0. The van der Waals surface area contributed by atoms with Crippen LogP contribution in [0, 0.1) is 3.83 Å². The monoisotopic (exact) mass is 298 g/mol. The van der Waals surface area contributed by atoms with Crippen LogP contribution in [0.2, 0.25) is 0 Å². The molecule has 0 aliphatic rings. The topological polar surface area (TPSA) is 35.0 Å². The molecule has 0 aliphatic carbocycles. The number of nitrogens with zero attached hydrogens (tertiary/aromatic N) is 2. The summed E-state index contributed by atoms with van der Waals surface area (Å²) in [5, 5.41) is 1.10. The summed E-state index contributed by atoms with van der Waals surface area (Å²) in [4.78, 5) is 4.26. The zero-order valence-electron chi connectivity index (χ0n) is 7.08. The van der Waals surface area contributed by atoms with Crippen LogP contribution in [0.25, 0.3) is 0 Å². The molecular weight excluding hydrogens is 287 g/mol. The van der Waals surface area contributed by atoms with Gasteiger partial charge in [0.2, 0.25) is 3.83 Å². The van der Waals surface area contributed by atoms with E-state index in [-0.39, 0.29) is 0 Å². The van der Waals surface area contributed by atoms with Gasteiger partial charge in [-0.25, -0.2) is 4.98 Å². The van der Waals surface area contributed by atoms with Crippen molar-refractivity contribution in [1.29, 1.82) is 0 Å². The fourth-order valence-electron chi connectivity index (χ4n) is 0.780. The molecule has 0 amide bonds. The first-order valence-corrected chi connectivity index (χ1v) is 5.58. The Kier molecular flexibility index (Phi) is 4.38. The molecule has 0 spiro atoms. The number of halogens is 1. The molecule has 1 atom stereocenters. The van der Waals surface area contributed by atoms with Gasteiger partial charge in [0.25, 0.3) is 0 Å². The van der Waals surface area contributed by atoms with Crippen LogP contribution in [-0.2, 0) is 11.2 Å². The number of methoxy groups -OCH3 is 1. The van der Waals surface area contributed by atoms with Crippen molar-refractivity contribution < 1.29 is 4.74 Å². The predicted molar refractivity (Wildman–Crippen MR) is 57.4 cm³/mol. The maximum atomic E-state index is 5.13. The van der Waals surface area contributed by atoms with E-state index < -0.39 is 0 Å². The van der Waals surface area contributed by atoms with Crippen LogP contribution in [-0.4, -0.2) is 22.6 Å². The fourth-order valence-corrected chi connectivity index (χ4v) is 2.09. The van der Waals surface area contributed by atoms with Crippen molar-refractivity contribution in [3.05, 3.63) is 8.84 Å². The maximum Gasteiger partial charge on any atom is 0.203 e. The molecule has 68 valence electrons. The molecule has 0 aliphatic heterocycles. The normalized spacial score (nSPS) is 13.2. The third-order valence-electron chi connectivity index (χ3n) is 1.61. The molecule has 1 heterocycles. The largest absolute Gasteiger partial charge is 0.382 e. The van der Waals surface area contributed by atoms with E-state index in [1.54, 1.807) is 7.11 Å². The van der Waals surface area contributed by atoms with Crippen LogP contribution in [0.1, 0.15) is 18.4 Å². The Hall–Kier alpha value is 0.250. The molecule has 0 N–H and O–H groups in total. The van der Waals surface area contributed by atoms with E-state index in [0.29, 0.717) is 6.10 Å². The van der Waals surface area contributed by atoms with Crippen LogP contribution in [0.3, 0.4) is 0 Å². The maximum absolute atomic E-state index is 5.13. The van der Waals surface area contributed by atoms with Crippen LogP contribution in [0.5, 0.6) is 0 Å². The standard InChI is InChI=1S/C7H11IN2OS/c1-5(11-2)3-4-6-9-7(8)10-12-6/h5H,3-4H2,1-2H3. The van der Waals surface area contributed by atoms with Crippen LogP contribution in [0.15, 0.2) is 0 Å². The average Bonchev–Trinajstić information content (AvgIpc) is 2.47. The second-order valence-corrected chi connectivity index (χ2v) is 4.34. The summed E-state index contributed by atoms with van der Waals surface area (Å²) in [6.07, 6.45) is 2.30. The quantitative estimate of drug-likeness (QED) is 0.799. The van der Waals surface area contributed by atoms with E-state index in [1.807, 2.05) is 0 Å². The summed E-state index contributed by atoms with van der Waals surface area (Å²) >= 11 is 3.60.